The molecule has 0 fully saturated rings. The van der Waals surface area contributed by atoms with Gasteiger partial charge in [0.15, 0.2) is 5.57 Å². The minimum atomic E-state index is -0.801. The maximum atomic E-state index is 11.9. The highest BCUT2D eigenvalue weighted by molar-refractivity contribution is 6.14. The Balaban J connectivity index is 3.13. The molecule has 0 saturated heterocycles. The van der Waals surface area contributed by atoms with Gasteiger partial charge in [-0.15, -0.1) is 0 Å². The van der Waals surface area contributed by atoms with Gasteiger partial charge in [-0.1, -0.05) is 0 Å². The van der Waals surface area contributed by atoms with Gasteiger partial charge < -0.3 is 24.8 Å². The van der Waals surface area contributed by atoms with Crippen molar-refractivity contribution >= 4 is 29.2 Å². The number of anilines is 2. The number of carbonyl (C=O) groups is 3. The van der Waals surface area contributed by atoms with Gasteiger partial charge in [0.1, 0.15) is 5.75 Å². The fourth-order valence-corrected chi connectivity index (χ4v) is 1.87. The summed E-state index contributed by atoms with van der Waals surface area (Å²) in [6.45, 7) is 4.90. The van der Waals surface area contributed by atoms with E-state index >= 15 is 0 Å². The number of benzene rings is 1. The Hall–Kier alpha value is -3.03. The molecule has 0 unspecified atom stereocenters. The monoisotopic (exact) mass is 350 g/mol. The first-order valence-electron chi connectivity index (χ1n) is 7.69. The predicted molar refractivity (Wildman–Crippen MR) is 92.3 cm³/mol. The van der Waals surface area contributed by atoms with Gasteiger partial charge in [-0.25, -0.2) is 9.59 Å². The molecule has 0 spiro atoms. The number of amides is 1. The highest BCUT2D eigenvalue weighted by Gasteiger charge is 2.21. The molecule has 0 aliphatic heterocycles. The molecule has 25 heavy (non-hydrogen) atoms. The Morgan fingerprint density at radius 3 is 2.16 bits per heavy atom. The Kier molecular flexibility index (Phi) is 7.98. The molecular formula is C17H22N2O6. The topological polar surface area (TPSA) is 103 Å². The minimum Gasteiger partial charge on any atom is -0.495 e. The smallest absolute Gasteiger partial charge is 0.347 e. The summed E-state index contributed by atoms with van der Waals surface area (Å²) in [5, 5.41) is 5.45. The van der Waals surface area contributed by atoms with Crippen LogP contribution in [0.25, 0.3) is 0 Å². The molecule has 0 bridgehead atoms. The summed E-state index contributed by atoms with van der Waals surface area (Å²) < 4.78 is 14.9. The average molecular weight is 350 g/mol. The summed E-state index contributed by atoms with van der Waals surface area (Å²) in [6.07, 6.45) is 1.19. The van der Waals surface area contributed by atoms with E-state index in [0.29, 0.717) is 17.1 Å². The lowest BCUT2D eigenvalue weighted by Gasteiger charge is -2.12. The predicted octanol–water partition coefficient (Wildman–Crippen LogP) is 2.08. The maximum Gasteiger partial charge on any atom is 0.347 e. The highest BCUT2D eigenvalue weighted by Crippen LogP contribution is 2.28. The zero-order valence-electron chi connectivity index (χ0n) is 14.7. The summed E-state index contributed by atoms with van der Waals surface area (Å²) in [5.74, 6) is -1.38. The summed E-state index contributed by atoms with van der Waals surface area (Å²) in [5.41, 5.74) is 0.688. The van der Waals surface area contributed by atoms with E-state index in [9.17, 15) is 14.4 Å². The maximum absolute atomic E-state index is 11.9. The zero-order valence-corrected chi connectivity index (χ0v) is 14.7. The average Bonchev–Trinajstić information content (AvgIpc) is 2.55. The van der Waals surface area contributed by atoms with Crippen LogP contribution in [0.4, 0.5) is 11.4 Å². The van der Waals surface area contributed by atoms with Crippen molar-refractivity contribution in [3.63, 3.8) is 0 Å². The first-order valence-corrected chi connectivity index (χ1v) is 7.69. The summed E-state index contributed by atoms with van der Waals surface area (Å²) in [4.78, 5) is 35.0. The number of methoxy groups -OCH3 is 1. The van der Waals surface area contributed by atoms with Crippen molar-refractivity contribution in [2.24, 2.45) is 0 Å². The van der Waals surface area contributed by atoms with E-state index in [-0.39, 0.29) is 24.7 Å². The molecule has 0 aliphatic rings. The van der Waals surface area contributed by atoms with Gasteiger partial charge in [-0.05, 0) is 32.0 Å². The van der Waals surface area contributed by atoms with Crippen molar-refractivity contribution in [3.8, 4) is 5.75 Å². The van der Waals surface area contributed by atoms with Crippen LogP contribution < -0.4 is 15.4 Å². The lowest BCUT2D eigenvalue weighted by atomic mass is 10.2. The highest BCUT2D eigenvalue weighted by atomic mass is 16.6. The molecule has 0 heterocycles. The van der Waals surface area contributed by atoms with Crippen molar-refractivity contribution in [2.45, 2.75) is 20.8 Å². The molecule has 0 aliphatic carbocycles. The number of carbonyl (C=O) groups excluding carboxylic acids is 3. The number of hydrogen-bond donors (Lipinski definition) is 2. The normalized spacial score (nSPS) is 9.60. The molecule has 0 saturated carbocycles. The van der Waals surface area contributed by atoms with Crippen LogP contribution >= 0.6 is 0 Å². The summed E-state index contributed by atoms with van der Waals surface area (Å²) in [7, 11) is 1.47. The van der Waals surface area contributed by atoms with Crippen LogP contribution in [0.2, 0.25) is 0 Å². The van der Waals surface area contributed by atoms with Gasteiger partial charge >= 0.3 is 11.9 Å². The summed E-state index contributed by atoms with van der Waals surface area (Å²) in [6, 6.07) is 4.90. The third-order valence-corrected chi connectivity index (χ3v) is 2.88. The lowest BCUT2D eigenvalue weighted by Crippen LogP contribution is -2.19. The molecule has 0 atom stereocenters. The van der Waals surface area contributed by atoms with Crippen LogP contribution in [0.3, 0.4) is 0 Å². The van der Waals surface area contributed by atoms with Gasteiger partial charge in [0, 0.05) is 18.8 Å². The molecular weight excluding hydrogens is 328 g/mol. The van der Waals surface area contributed by atoms with Gasteiger partial charge in [-0.2, -0.15) is 0 Å². The molecule has 0 aromatic heterocycles. The second-order valence-electron chi connectivity index (χ2n) is 4.74. The number of nitrogens with one attached hydrogen (secondary N) is 2. The molecule has 1 aromatic carbocycles. The van der Waals surface area contributed by atoms with Crippen LogP contribution in [0.5, 0.6) is 5.75 Å². The second kappa shape index (κ2) is 9.96. The molecule has 8 nitrogen and oxygen atoms in total. The van der Waals surface area contributed by atoms with Gasteiger partial charge in [0.2, 0.25) is 5.91 Å². The van der Waals surface area contributed by atoms with E-state index in [2.05, 4.69) is 10.6 Å². The zero-order chi connectivity index (χ0) is 18.8. The van der Waals surface area contributed by atoms with E-state index in [0.717, 1.165) is 0 Å². The Bertz CT molecular complexity index is 649. The molecule has 8 heteroatoms. The van der Waals surface area contributed by atoms with E-state index in [4.69, 9.17) is 14.2 Å². The largest absolute Gasteiger partial charge is 0.495 e. The van der Waals surface area contributed by atoms with Crippen molar-refractivity contribution < 1.29 is 28.6 Å². The molecule has 1 amide bonds. The third kappa shape index (κ3) is 6.17. The van der Waals surface area contributed by atoms with Crippen LogP contribution in [0, 0.1) is 0 Å². The number of rotatable bonds is 8. The molecule has 0 radical (unpaired) electrons. The molecule has 1 rings (SSSR count). The first-order chi connectivity index (χ1) is 11.9. The van der Waals surface area contributed by atoms with E-state index in [1.807, 2.05) is 0 Å². The van der Waals surface area contributed by atoms with Crippen LogP contribution in [0.15, 0.2) is 30.0 Å². The van der Waals surface area contributed by atoms with E-state index < -0.39 is 11.9 Å². The van der Waals surface area contributed by atoms with Crippen molar-refractivity contribution in [1.29, 1.82) is 0 Å². The molecule has 1 aromatic rings. The third-order valence-electron chi connectivity index (χ3n) is 2.88. The van der Waals surface area contributed by atoms with Gasteiger partial charge in [0.05, 0.1) is 26.0 Å². The number of ether oxygens (including phenoxy) is 3. The number of esters is 2. The fourth-order valence-electron chi connectivity index (χ4n) is 1.87. The van der Waals surface area contributed by atoms with Crippen molar-refractivity contribution in [3.05, 3.63) is 30.0 Å². The fraction of sp³-hybridized carbons (Fsp3) is 0.353. The van der Waals surface area contributed by atoms with Crippen LogP contribution in [-0.2, 0) is 23.9 Å². The molecule has 2 N–H and O–H groups in total. The lowest BCUT2D eigenvalue weighted by molar-refractivity contribution is -0.146. The van der Waals surface area contributed by atoms with Crippen molar-refractivity contribution in [2.75, 3.05) is 31.0 Å². The summed E-state index contributed by atoms with van der Waals surface area (Å²) >= 11 is 0. The Labute approximate surface area is 146 Å². The van der Waals surface area contributed by atoms with E-state index in [1.165, 1.54) is 20.2 Å². The minimum absolute atomic E-state index is 0.122. The van der Waals surface area contributed by atoms with Gasteiger partial charge in [-0.3, -0.25) is 4.79 Å². The van der Waals surface area contributed by atoms with Crippen molar-refractivity contribution in [1.82, 2.24) is 0 Å². The Morgan fingerprint density at radius 1 is 1.08 bits per heavy atom. The quantitative estimate of drug-likeness (QED) is 0.320. The SMILES string of the molecule is CCOC(=O)C(=CNc1cc(NC(C)=O)ccc1OC)C(=O)OCC. The van der Waals surface area contributed by atoms with Crippen LogP contribution in [-0.4, -0.2) is 38.2 Å². The Morgan fingerprint density at radius 2 is 1.68 bits per heavy atom. The van der Waals surface area contributed by atoms with Crippen LogP contribution in [0.1, 0.15) is 20.8 Å². The number of hydrogen-bond acceptors (Lipinski definition) is 7. The van der Waals surface area contributed by atoms with E-state index in [1.54, 1.807) is 32.0 Å². The molecule has 136 valence electrons. The first kappa shape index (κ1) is 20.0. The standard InChI is InChI=1S/C17H22N2O6/c1-5-24-16(21)13(17(22)25-6-2)10-18-14-9-12(19-11(3)20)7-8-15(14)23-4/h7-10,18H,5-6H2,1-4H3,(H,19,20). The second-order valence-corrected chi connectivity index (χ2v) is 4.74. The van der Waals surface area contributed by atoms with Gasteiger partial charge in [0.25, 0.3) is 0 Å².